The van der Waals surface area contributed by atoms with E-state index in [-0.39, 0.29) is 47.4 Å². The second-order valence-corrected chi connectivity index (χ2v) is 1.74. The van der Waals surface area contributed by atoms with Crippen LogP contribution in [0.4, 0.5) is 0 Å². The quantitative estimate of drug-likeness (QED) is 0.594. The van der Waals surface area contributed by atoms with Gasteiger partial charge < -0.3 is 22.9 Å². The molecule has 0 aromatic carbocycles. The maximum Gasteiger partial charge on any atom is 2.00 e. The molecule has 0 bridgehead atoms. The van der Waals surface area contributed by atoms with Crippen LogP contribution in [0.15, 0.2) is 0 Å². The van der Waals surface area contributed by atoms with Gasteiger partial charge in [0.1, 0.15) is 0 Å². The van der Waals surface area contributed by atoms with Gasteiger partial charge in [0, 0.05) is 6.61 Å². The fourth-order valence-electron chi connectivity index (χ4n) is 0.181. The van der Waals surface area contributed by atoms with Crippen LogP contribution >= 0.6 is 0 Å². The maximum absolute atomic E-state index is 9.49. The fourth-order valence-corrected chi connectivity index (χ4v) is 0.181. The number of rotatable bonds is 4. The molecule has 0 unspecified atom stereocenters. The van der Waals surface area contributed by atoms with Crippen molar-refractivity contribution < 1.29 is 44.4 Å². The van der Waals surface area contributed by atoms with Gasteiger partial charge in [0.2, 0.25) is 0 Å². The molecular weight excluding hydrogens is 257 g/mol. The minimum atomic E-state index is 0. The molecule has 0 aliphatic rings. The van der Waals surface area contributed by atoms with Crippen LogP contribution in [-0.4, -0.2) is 24.9 Å². The zero-order valence-electron chi connectivity index (χ0n) is 6.91. The van der Waals surface area contributed by atoms with E-state index in [4.69, 9.17) is 10.8 Å². The Balaban J connectivity index is -0.0000000457. The molecule has 0 aromatic heterocycles. The largest absolute Gasteiger partial charge is 2.00 e. The Kier molecular flexibility index (Phi) is 57.1. The Morgan fingerprint density at radius 1 is 1.25 bits per heavy atom. The number of hydrogen-bond acceptors (Lipinski definition) is 2. The summed E-state index contributed by atoms with van der Waals surface area (Å²) in [6, 6.07) is 0. The van der Waals surface area contributed by atoms with Gasteiger partial charge in [-0.1, -0.05) is 6.42 Å². The molecule has 0 heterocycles. The molecule has 0 fully saturated rings. The van der Waals surface area contributed by atoms with Crippen LogP contribution < -0.4 is 5.11 Å². The average Bonchev–Trinajstić information content (AvgIpc) is 1.93. The first-order chi connectivity index (χ1) is 4.83. The smallest absolute Gasteiger partial charge is 0.855 e. The van der Waals surface area contributed by atoms with Crippen LogP contribution in [0.1, 0.15) is 19.3 Å². The number of aliphatic hydroxyl groups excluding tert-OH is 1. The Morgan fingerprint density at radius 3 is 1.75 bits per heavy atom. The number of nitrogens with one attached hydrogen (secondary N) is 1. The molecule has 0 amide bonds. The van der Waals surface area contributed by atoms with Crippen molar-refractivity contribution in [3.05, 3.63) is 12.7 Å². The molecule has 3 nitrogen and oxygen atoms in total. The summed E-state index contributed by atoms with van der Waals surface area (Å²) in [6.07, 6.45) is 2.11. The maximum atomic E-state index is 9.49. The summed E-state index contributed by atoms with van der Waals surface area (Å²) in [5.74, 6) is 0. The predicted octanol–water partition coefficient (Wildman–Crippen LogP) is 0.377. The van der Waals surface area contributed by atoms with Crippen LogP contribution in [-0.2, 0) is 34.1 Å². The van der Waals surface area contributed by atoms with Crippen molar-refractivity contribution in [2.45, 2.75) is 19.3 Å². The summed E-state index contributed by atoms with van der Waals surface area (Å²) >= 11 is 0. The Morgan fingerprint density at radius 2 is 1.75 bits per heavy atom. The summed E-state index contributed by atoms with van der Waals surface area (Å²) in [7, 11) is 0. The van der Waals surface area contributed by atoms with Gasteiger partial charge in [-0.3, -0.25) is 0 Å². The van der Waals surface area contributed by atoms with E-state index in [1.165, 1.54) is 0 Å². The summed E-state index contributed by atoms with van der Waals surface area (Å²) in [4.78, 5) is 0. The predicted molar refractivity (Wildman–Crippen MR) is 40.3 cm³/mol. The molecule has 0 atom stereocenters. The molecular formula is C7H16Cu2NO2+. The van der Waals surface area contributed by atoms with Crippen molar-refractivity contribution in [3.8, 4) is 0 Å². The van der Waals surface area contributed by atoms with Gasteiger partial charge in [-0.2, -0.15) is 6.42 Å². The van der Waals surface area contributed by atoms with Gasteiger partial charge in [-0.05, 0) is 6.42 Å². The molecule has 0 aliphatic carbocycles. The van der Waals surface area contributed by atoms with Crippen molar-refractivity contribution in [3.63, 3.8) is 0 Å². The van der Waals surface area contributed by atoms with Crippen LogP contribution in [0.2, 0.25) is 0 Å². The van der Waals surface area contributed by atoms with E-state index in [9.17, 15) is 5.11 Å². The van der Waals surface area contributed by atoms with Crippen LogP contribution in [0.5, 0.6) is 0 Å². The van der Waals surface area contributed by atoms with Crippen molar-refractivity contribution in [2.24, 2.45) is 0 Å². The molecule has 0 saturated carbocycles. The van der Waals surface area contributed by atoms with E-state index < -0.39 is 0 Å². The Bertz CT molecular complexity index is 40.4. The van der Waals surface area contributed by atoms with Crippen molar-refractivity contribution >= 4 is 0 Å². The zero-order valence-corrected chi connectivity index (χ0v) is 8.79. The molecule has 0 aliphatic heterocycles. The molecule has 5 heteroatoms. The standard InChI is InChI=1S/C4H8O.C3H8NO.2Cu/c1-2-3-4-5;4-2-1-3-5;;/h1-4H2;4-5H,1-3H2;;/q-2;-1;2*+2. The topological polar surface area (TPSA) is 67.1 Å². The average molecular weight is 273 g/mol. The normalized spacial score (nSPS) is 7.00. The Labute approximate surface area is 96.1 Å². The molecule has 2 radical (unpaired) electrons. The van der Waals surface area contributed by atoms with Gasteiger partial charge in [0.15, 0.2) is 0 Å². The van der Waals surface area contributed by atoms with Gasteiger partial charge in [0.05, 0.1) is 0 Å². The molecule has 0 spiro atoms. The molecule has 82 valence electrons. The third kappa shape index (κ3) is 44.4. The fraction of sp³-hybridized carbons (Fsp3) is 0.857. The van der Waals surface area contributed by atoms with E-state index in [0.717, 1.165) is 12.8 Å². The van der Waals surface area contributed by atoms with Gasteiger partial charge in [0.25, 0.3) is 0 Å². The molecule has 2 N–H and O–H groups in total. The first kappa shape index (κ1) is 23.1. The minimum Gasteiger partial charge on any atom is -0.855 e. The second kappa shape index (κ2) is 29.7. The monoisotopic (exact) mass is 272 g/mol. The van der Waals surface area contributed by atoms with Crippen molar-refractivity contribution in [2.75, 3.05) is 19.8 Å². The number of aliphatic hydroxyl groups is 1. The van der Waals surface area contributed by atoms with Gasteiger partial charge in [-0.15, -0.1) is 13.2 Å². The number of hydrogen-bond donors (Lipinski definition) is 1. The molecule has 0 rings (SSSR count). The summed E-state index contributed by atoms with van der Waals surface area (Å²) < 4.78 is 0. The van der Waals surface area contributed by atoms with E-state index in [0.29, 0.717) is 13.0 Å². The van der Waals surface area contributed by atoms with E-state index >= 15 is 0 Å². The zero-order chi connectivity index (χ0) is 8.24. The number of unbranched alkanes of at least 4 members (excludes halogenated alkanes) is 1. The summed E-state index contributed by atoms with van der Waals surface area (Å²) in [5, 5.41) is 17.4. The van der Waals surface area contributed by atoms with Crippen molar-refractivity contribution in [1.29, 1.82) is 0 Å². The first-order valence-electron chi connectivity index (χ1n) is 3.46. The van der Waals surface area contributed by atoms with Gasteiger partial charge >= 0.3 is 34.1 Å². The Hall–Kier alpha value is 0.919. The summed E-state index contributed by atoms with van der Waals surface area (Å²) in [5.41, 5.74) is 6.44. The molecule has 0 saturated heterocycles. The third-order valence-electron chi connectivity index (χ3n) is 0.729. The summed E-state index contributed by atoms with van der Waals surface area (Å²) in [6.45, 7) is 4.01. The van der Waals surface area contributed by atoms with Crippen LogP contribution in [0, 0.1) is 6.92 Å². The van der Waals surface area contributed by atoms with Gasteiger partial charge in [-0.25, -0.2) is 0 Å². The van der Waals surface area contributed by atoms with Crippen LogP contribution in [0.3, 0.4) is 0 Å². The minimum absolute atomic E-state index is 0. The van der Waals surface area contributed by atoms with Crippen LogP contribution in [0.25, 0.3) is 5.73 Å². The van der Waals surface area contributed by atoms with E-state index in [1.54, 1.807) is 0 Å². The second-order valence-electron chi connectivity index (χ2n) is 1.74. The van der Waals surface area contributed by atoms with E-state index in [2.05, 4.69) is 6.92 Å². The molecule has 12 heavy (non-hydrogen) atoms. The first-order valence-corrected chi connectivity index (χ1v) is 3.46. The van der Waals surface area contributed by atoms with Crippen molar-refractivity contribution in [1.82, 2.24) is 0 Å². The third-order valence-corrected chi connectivity index (χ3v) is 0.729. The molecule has 0 aromatic rings. The van der Waals surface area contributed by atoms with E-state index in [1.807, 2.05) is 0 Å². The SMILES string of the molecule is [CH2-]CCC[O-].[Cu+2].[Cu+2].[NH-]CCCO.